The molecule has 43 heavy (non-hydrogen) atoms. The maximum atomic E-state index is 13.9. The van der Waals surface area contributed by atoms with Crippen LogP contribution in [0.3, 0.4) is 0 Å². The van der Waals surface area contributed by atoms with Gasteiger partial charge in [0.05, 0.1) is 46.1 Å². The highest BCUT2D eigenvalue weighted by molar-refractivity contribution is 6.00. The molecule has 5 rings (SSSR count). The Bertz CT molecular complexity index is 1530. The predicted octanol–water partition coefficient (Wildman–Crippen LogP) is 6.64. The maximum absolute atomic E-state index is 13.9. The number of amides is 2. The van der Waals surface area contributed by atoms with Crippen molar-refractivity contribution in [1.82, 2.24) is 0 Å². The van der Waals surface area contributed by atoms with Crippen LogP contribution in [0, 0.1) is 5.92 Å². The Morgan fingerprint density at radius 2 is 1.35 bits per heavy atom. The van der Waals surface area contributed by atoms with E-state index in [1.54, 1.807) is 48.4 Å². The van der Waals surface area contributed by atoms with E-state index in [1.165, 1.54) is 21.3 Å². The third kappa shape index (κ3) is 6.35. The molecule has 1 aliphatic rings. The number of ether oxygens (including phenoxy) is 5. The molecule has 4 aromatic rings. The summed E-state index contributed by atoms with van der Waals surface area (Å²) in [5, 5.41) is 3.05. The van der Waals surface area contributed by atoms with Gasteiger partial charge in [-0.05, 0) is 60.5 Å². The van der Waals surface area contributed by atoms with Crippen LogP contribution >= 0.6 is 0 Å². The molecule has 1 N–H and O–H groups in total. The highest BCUT2D eigenvalue weighted by Gasteiger charge is 2.42. The monoisotopic (exact) mass is 582 g/mol. The van der Waals surface area contributed by atoms with Crippen molar-refractivity contribution in [2.24, 2.45) is 5.92 Å². The smallest absolute Gasteiger partial charge is 0.229 e. The Kier molecular flexibility index (Phi) is 9.00. The summed E-state index contributed by atoms with van der Waals surface area (Å²) in [4.78, 5) is 29.2. The minimum atomic E-state index is -0.615. The number of rotatable bonds is 10. The number of nitrogens with zero attached hydrogens (tertiary/aromatic N) is 1. The van der Waals surface area contributed by atoms with Gasteiger partial charge in [-0.15, -0.1) is 0 Å². The minimum Gasteiger partial charge on any atom is -0.497 e. The number of hydrogen-bond donors (Lipinski definition) is 1. The first-order valence-electron chi connectivity index (χ1n) is 13.9. The molecule has 9 heteroatoms. The molecule has 2 atom stereocenters. The van der Waals surface area contributed by atoms with Crippen LogP contribution in [-0.4, -0.2) is 40.3 Å². The van der Waals surface area contributed by atoms with E-state index in [1.807, 2.05) is 54.6 Å². The molecule has 4 aromatic carbocycles. The lowest BCUT2D eigenvalue weighted by atomic mass is 9.83. The lowest BCUT2D eigenvalue weighted by Gasteiger charge is -2.41. The zero-order valence-corrected chi connectivity index (χ0v) is 24.5. The number of nitrogens with one attached hydrogen (secondary N) is 1. The van der Waals surface area contributed by atoms with Gasteiger partial charge in [0.2, 0.25) is 17.6 Å². The van der Waals surface area contributed by atoms with E-state index < -0.39 is 12.0 Å². The number of hydrogen-bond acceptors (Lipinski definition) is 7. The van der Waals surface area contributed by atoms with Crippen LogP contribution in [0.2, 0.25) is 0 Å². The van der Waals surface area contributed by atoms with Crippen LogP contribution in [-0.2, 0) is 9.59 Å². The van der Waals surface area contributed by atoms with Crippen molar-refractivity contribution >= 4 is 23.2 Å². The first-order valence-corrected chi connectivity index (χ1v) is 13.9. The van der Waals surface area contributed by atoms with E-state index in [9.17, 15) is 9.59 Å². The SMILES string of the molecule is COc1ccc(C2C(C(=O)Nc3ccc(Oc4ccccc4)cc3)CCC(=O)N2c2cc(OC)c(OC)c(OC)c2)cc1. The molecular weight excluding hydrogens is 548 g/mol. The molecule has 0 aliphatic carbocycles. The maximum Gasteiger partial charge on any atom is 0.229 e. The van der Waals surface area contributed by atoms with E-state index in [0.717, 1.165) is 11.3 Å². The summed E-state index contributed by atoms with van der Waals surface area (Å²) in [7, 11) is 6.15. The fourth-order valence-corrected chi connectivity index (χ4v) is 5.33. The van der Waals surface area contributed by atoms with Gasteiger partial charge in [0, 0.05) is 24.2 Å². The number of piperidine rings is 1. The summed E-state index contributed by atoms with van der Waals surface area (Å²) in [6, 6.07) is 26.9. The Morgan fingerprint density at radius 3 is 1.93 bits per heavy atom. The van der Waals surface area contributed by atoms with Gasteiger partial charge < -0.3 is 33.9 Å². The van der Waals surface area contributed by atoms with Gasteiger partial charge in [0.25, 0.3) is 0 Å². The fourth-order valence-electron chi connectivity index (χ4n) is 5.33. The van der Waals surface area contributed by atoms with Crippen LogP contribution in [0.1, 0.15) is 24.4 Å². The summed E-state index contributed by atoms with van der Waals surface area (Å²) >= 11 is 0. The summed E-state index contributed by atoms with van der Waals surface area (Å²) in [5.74, 6) is 2.37. The van der Waals surface area contributed by atoms with Gasteiger partial charge in [-0.25, -0.2) is 0 Å². The van der Waals surface area contributed by atoms with E-state index in [0.29, 0.717) is 46.5 Å². The largest absolute Gasteiger partial charge is 0.497 e. The first-order chi connectivity index (χ1) is 20.9. The van der Waals surface area contributed by atoms with E-state index in [2.05, 4.69) is 5.32 Å². The van der Waals surface area contributed by atoms with E-state index in [4.69, 9.17) is 23.7 Å². The van der Waals surface area contributed by atoms with Gasteiger partial charge >= 0.3 is 0 Å². The molecule has 1 heterocycles. The standard InChI is InChI=1S/C34H34N2O7/c1-39-25-14-10-22(11-15-25)32-28(34(38)35-23-12-16-27(17-13-23)43-26-8-6-5-7-9-26)18-19-31(37)36(32)24-20-29(40-2)33(42-4)30(21-24)41-3/h5-17,20-21,28,32H,18-19H2,1-4H3,(H,35,38). The second kappa shape index (κ2) is 13.2. The quantitative estimate of drug-likeness (QED) is 0.224. The van der Waals surface area contributed by atoms with Crippen molar-refractivity contribution in [3.63, 3.8) is 0 Å². The van der Waals surface area contributed by atoms with Crippen molar-refractivity contribution in [3.05, 3.63) is 96.6 Å². The molecule has 0 bridgehead atoms. The lowest BCUT2D eigenvalue weighted by Crippen LogP contribution is -2.47. The summed E-state index contributed by atoms with van der Waals surface area (Å²) in [5.41, 5.74) is 1.93. The van der Waals surface area contributed by atoms with Crippen molar-refractivity contribution in [2.45, 2.75) is 18.9 Å². The Morgan fingerprint density at radius 1 is 0.744 bits per heavy atom. The average Bonchev–Trinajstić information content (AvgIpc) is 3.05. The number of para-hydroxylation sites is 1. The van der Waals surface area contributed by atoms with Crippen molar-refractivity contribution in [3.8, 4) is 34.5 Å². The molecule has 2 amide bonds. The number of benzene rings is 4. The molecule has 0 saturated carbocycles. The predicted molar refractivity (Wildman–Crippen MR) is 164 cm³/mol. The Hall–Kier alpha value is -5.18. The van der Waals surface area contributed by atoms with Gasteiger partial charge in [-0.3, -0.25) is 9.59 Å². The summed E-state index contributed by atoms with van der Waals surface area (Å²) in [6.45, 7) is 0. The molecule has 9 nitrogen and oxygen atoms in total. The number of carbonyl (C=O) groups is 2. The zero-order chi connectivity index (χ0) is 30.3. The first kappa shape index (κ1) is 29.3. The molecule has 0 radical (unpaired) electrons. The molecule has 0 aromatic heterocycles. The fraction of sp³-hybridized carbons (Fsp3) is 0.235. The second-order valence-electron chi connectivity index (χ2n) is 9.94. The van der Waals surface area contributed by atoms with Gasteiger partial charge in [-0.2, -0.15) is 0 Å². The van der Waals surface area contributed by atoms with Crippen LogP contribution in [0.4, 0.5) is 11.4 Å². The zero-order valence-electron chi connectivity index (χ0n) is 24.5. The molecule has 222 valence electrons. The highest BCUT2D eigenvalue weighted by atomic mass is 16.5. The normalized spacial score (nSPS) is 16.3. The lowest BCUT2D eigenvalue weighted by molar-refractivity contribution is -0.125. The topological polar surface area (TPSA) is 95.6 Å². The molecule has 1 fully saturated rings. The Labute approximate surface area is 250 Å². The number of anilines is 2. The number of carbonyl (C=O) groups excluding carboxylic acids is 2. The highest BCUT2D eigenvalue weighted by Crippen LogP contribution is 2.46. The van der Waals surface area contributed by atoms with E-state index in [-0.39, 0.29) is 18.2 Å². The average molecular weight is 583 g/mol. The minimum absolute atomic E-state index is 0.124. The third-order valence-corrected chi connectivity index (χ3v) is 7.42. The van der Waals surface area contributed by atoms with Crippen LogP contribution in [0.15, 0.2) is 91.0 Å². The Balaban J connectivity index is 1.48. The van der Waals surface area contributed by atoms with Gasteiger partial charge in [0.15, 0.2) is 11.5 Å². The molecule has 0 spiro atoms. The van der Waals surface area contributed by atoms with Crippen molar-refractivity contribution in [2.75, 3.05) is 38.7 Å². The summed E-state index contributed by atoms with van der Waals surface area (Å²) in [6.07, 6.45) is 0.558. The van der Waals surface area contributed by atoms with Crippen molar-refractivity contribution < 1.29 is 33.3 Å². The third-order valence-electron chi connectivity index (χ3n) is 7.42. The molecular formula is C34H34N2O7. The van der Waals surface area contributed by atoms with Crippen LogP contribution in [0.25, 0.3) is 0 Å². The van der Waals surface area contributed by atoms with E-state index >= 15 is 0 Å². The summed E-state index contributed by atoms with van der Waals surface area (Å²) < 4.78 is 27.9. The second-order valence-corrected chi connectivity index (χ2v) is 9.94. The molecule has 2 unspecified atom stereocenters. The van der Waals surface area contributed by atoms with Crippen LogP contribution in [0.5, 0.6) is 34.5 Å². The van der Waals surface area contributed by atoms with Crippen molar-refractivity contribution in [1.29, 1.82) is 0 Å². The van der Waals surface area contributed by atoms with Gasteiger partial charge in [-0.1, -0.05) is 30.3 Å². The van der Waals surface area contributed by atoms with Crippen LogP contribution < -0.4 is 33.9 Å². The van der Waals surface area contributed by atoms with Gasteiger partial charge in [0.1, 0.15) is 17.2 Å². The number of methoxy groups -OCH3 is 4. The molecule has 1 aliphatic heterocycles. The molecule has 1 saturated heterocycles.